The second-order valence-electron chi connectivity index (χ2n) is 4.90. The van der Waals surface area contributed by atoms with Crippen molar-refractivity contribution in [3.8, 4) is 0 Å². The van der Waals surface area contributed by atoms with Crippen molar-refractivity contribution < 1.29 is 20.1 Å². The summed E-state index contributed by atoms with van der Waals surface area (Å²) in [5.74, 6) is -0.888. The van der Waals surface area contributed by atoms with Gasteiger partial charge in [-0.2, -0.15) is 0 Å². The summed E-state index contributed by atoms with van der Waals surface area (Å²) in [5, 5.41) is 27.7. The summed E-state index contributed by atoms with van der Waals surface area (Å²) in [7, 11) is 0. The van der Waals surface area contributed by atoms with Crippen LogP contribution in [0.5, 0.6) is 0 Å². The van der Waals surface area contributed by atoms with Crippen LogP contribution < -0.4 is 0 Å². The predicted molar refractivity (Wildman–Crippen MR) is 53.0 cm³/mol. The number of carboxylic acids is 1. The predicted octanol–water partition coefficient (Wildman–Crippen LogP) is 1.01. The fraction of sp³-hybridized carbons (Fsp3) is 0.900. The zero-order valence-corrected chi connectivity index (χ0v) is 9.24. The number of aliphatic hydroxyl groups is 2. The van der Waals surface area contributed by atoms with E-state index in [1.165, 1.54) is 13.8 Å². The van der Waals surface area contributed by atoms with Gasteiger partial charge in [0.2, 0.25) is 0 Å². The number of carbonyl (C=O) groups is 1. The third-order valence-corrected chi connectivity index (χ3v) is 2.44. The van der Waals surface area contributed by atoms with Gasteiger partial charge >= 0.3 is 5.97 Å². The average Bonchev–Trinajstić information content (AvgIpc) is 1.98. The lowest BCUT2D eigenvalue weighted by Gasteiger charge is -2.27. The van der Waals surface area contributed by atoms with Gasteiger partial charge in [0.05, 0.1) is 17.1 Å². The molecule has 4 heteroatoms. The van der Waals surface area contributed by atoms with E-state index < -0.39 is 23.1 Å². The molecule has 0 spiro atoms. The molecule has 0 aromatic carbocycles. The van der Waals surface area contributed by atoms with Crippen LogP contribution >= 0.6 is 0 Å². The van der Waals surface area contributed by atoms with E-state index in [0.29, 0.717) is 6.42 Å². The molecule has 0 saturated carbocycles. The highest BCUT2D eigenvalue weighted by Gasteiger charge is 2.31. The van der Waals surface area contributed by atoms with E-state index in [9.17, 15) is 15.0 Å². The highest BCUT2D eigenvalue weighted by molar-refractivity contribution is 5.73. The summed E-state index contributed by atoms with van der Waals surface area (Å²) in [6.07, 6.45) is -0.267. The number of hydrogen-bond acceptors (Lipinski definition) is 3. The fourth-order valence-corrected chi connectivity index (χ4v) is 0.958. The Hall–Kier alpha value is -0.610. The molecule has 1 atom stereocenters. The van der Waals surface area contributed by atoms with Crippen LogP contribution in [0.2, 0.25) is 0 Å². The molecule has 0 aromatic rings. The standard InChI is InChI=1S/C10H20O4/c1-9(2,8(12)13)6-5-7(11)10(3,4)14/h7,11,14H,5-6H2,1-4H3,(H,12,13)/t7-/m1/s1. The van der Waals surface area contributed by atoms with Crippen LogP contribution in [-0.4, -0.2) is 33.0 Å². The molecule has 84 valence electrons. The van der Waals surface area contributed by atoms with E-state index in [0.717, 1.165) is 0 Å². The third kappa shape index (κ3) is 4.07. The van der Waals surface area contributed by atoms with Crippen LogP contribution in [0.1, 0.15) is 40.5 Å². The molecule has 4 nitrogen and oxygen atoms in total. The first kappa shape index (κ1) is 13.4. The van der Waals surface area contributed by atoms with Crippen LogP contribution in [0, 0.1) is 5.41 Å². The van der Waals surface area contributed by atoms with Crippen LogP contribution in [0.25, 0.3) is 0 Å². The molecule has 0 aliphatic rings. The van der Waals surface area contributed by atoms with Gasteiger partial charge in [0.1, 0.15) is 0 Å². The molecule has 0 rings (SSSR count). The maximum Gasteiger partial charge on any atom is 0.309 e. The van der Waals surface area contributed by atoms with Crippen molar-refractivity contribution in [1.82, 2.24) is 0 Å². The van der Waals surface area contributed by atoms with Crippen molar-refractivity contribution >= 4 is 5.97 Å². The minimum Gasteiger partial charge on any atom is -0.481 e. The van der Waals surface area contributed by atoms with Gasteiger partial charge < -0.3 is 15.3 Å². The van der Waals surface area contributed by atoms with Gasteiger partial charge in [0.15, 0.2) is 0 Å². The summed E-state index contributed by atoms with van der Waals surface area (Å²) in [5.41, 5.74) is -2.03. The van der Waals surface area contributed by atoms with E-state index in [1.54, 1.807) is 13.8 Å². The first-order chi connectivity index (χ1) is 6.07. The molecule has 0 fully saturated rings. The van der Waals surface area contributed by atoms with Crippen LogP contribution in [0.4, 0.5) is 0 Å². The number of aliphatic hydroxyl groups excluding tert-OH is 1. The normalized spacial score (nSPS) is 15.3. The molecule has 0 heterocycles. The third-order valence-electron chi connectivity index (χ3n) is 2.44. The van der Waals surface area contributed by atoms with Gasteiger partial charge in [-0.1, -0.05) is 0 Å². The molecule has 0 aliphatic carbocycles. The van der Waals surface area contributed by atoms with Crippen LogP contribution in [0.3, 0.4) is 0 Å². The summed E-state index contributed by atoms with van der Waals surface area (Å²) in [6.45, 7) is 6.22. The van der Waals surface area contributed by atoms with Crippen molar-refractivity contribution in [2.45, 2.75) is 52.2 Å². The minimum atomic E-state index is -1.17. The molecule has 3 N–H and O–H groups in total. The molecular weight excluding hydrogens is 184 g/mol. The van der Waals surface area contributed by atoms with Gasteiger partial charge in [-0.3, -0.25) is 4.79 Å². The summed E-state index contributed by atoms with van der Waals surface area (Å²) < 4.78 is 0. The lowest BCUT2D eigenvalue weighted by molar-refractivity contribution is -0.148. The van der Waals surface area contributed by atoms with Crippen LogP contribution in [0.15, 0.2) is 0 Å². The smallest absolute Gasteiger partial charge is 0.309 e. The largest absolute Gasteiger partial charge is 0.481 e. The van der Waals surface area contributed by atoms with Gasteiger partial charge in [0, 0.05) is 0 Å². The SMILES string of the molecule is CC(C)(CC[C@@H](O)C(C)(C)O)C(=O)O. The Bertz CT molecular complexity index is 203. The van der Waals surface area contributed by atoms with Crippen molar-refractivity contribution in [3.05, 3.63) is 0 Å². The average molecular weight is 204 g/mol. The second kappa shape index (κ2) is 4.28. The molecular formula is C10H20O4. The number of aliphatic carboxylic acids is 1. The maximum absolute atomic E-state index is 10.7. The van der Waals surface area contributed by atoms with Gasteiger partial charge in [-0.15, -0.1) is 0 Å². The molecule has 0 radical (unpaired) electrons. The Morgan fingerprint density at radius 3 is 2.00 bits per heavy atom. The Morgan fingerprint density at radius 2 is 1.71 bits per heavy atom. The number of hydrogen-bond donors (Lipinski definition) is 3. The molecule has 0 unspecified atom stereocenters. The molecule has 0 saturated heterocycles. The van der Waals surface area contributed by atoms with E-state index in [2.05, 4.69) is 0 Å². The summed E-state index contributed by atoms with van der Waals surface area (Å²) >= 11 is 0. The van der Waals surface area contributed by atoms with Crippen molar-refractivity contribution in [3.63, 3.8) is 0 Å². The monoisotopic (exact) mass is 204 g/mol. The maximum atomic E-state index is 10.7. The highest BCUT2D eigenvalue weighted by atomic mass is 16.4. The quantitative estimate of drug-likeness (QED) is 0.624. The number of carboxylic acid groups (broad SMARTS) is 1. The van der Waals surface area contributed by atoms with Crippen molar-refractivity contribution in [2.75, 3.05) is 0 Å². The molecule has 14 heavy (non-hydrogen) atoms. The molecule has 0 aromatic heterocycles. The molecule has 0 bridgehead atoms. The second-order valence-corrected chi connectivity index (χ2v) is 4.90. The Balaban J connectivity index is 4.13. The van der Waals surface area contributed by atoms with Gasteiger partial charge in [-0.05, 0) is 40.5 Å². The Labute approximate surface area is 84.6 Å². The topological polar surface area (TPSA) is 77.8 Å². The Kier molecular flexibility index (Phi) is 4.09. The Morgan fingerprint density at radius 1 is 1.29 bits per heavy atom. The first-order valence-electron chi connectivity index (χ1n) is 4.71. The van der Waals surface area contributed by atoms with E-state index in [-0.39, 0.29) is 6.42 Å². The molecule has 0 amide bonds. The highest BCUT2D eigenvalue weighted by Crippen LogP contribution is 2.25. The van der Waals surface area contributed by atoms with Crippen LogP contribution in [-0.2, 0) is 4.79 Å². The summed E-state index contributed by atoms with van der Waals surface area (Å²) in [6, 6.07) is 0. The van der Waals surface area contributed by atoms with E-state index in [4.69, 9.17) is 5.11 Å². The lowest BCUT2D eigenvalue weighted by atomic mass is 9.84. The van der Waals surface area contributed by atoms with Gasteiger partial charge in [0.25, 0.3) is 0 Å². The van der Waals surface area contributed by atoms with E-state index >= 15 is 0 Å². The fourth-order valence-electron chi connectivity index (χ4n) is 0.958. The zero-order valence-electron chi connectivity index (χ0n) is 9.24. The zero-order chi connectivity index (χ0) is 11.6. The minimum absolute atomic E-state index is 0.281. The number of rotatable bonds is 5. The van der Waals surface area contributed by atoms with Crippen molar-refractivity contribution in [1.29, 1.82) is 0 Å². The first-order valence-corrected chi connectivity index (χ1v) is 4.71. The molecule has 0 aliphatic heterocycles. The van der Waals surface area contributed by atoms with Gasteiger partial charge in [-0.25, -0.2) is 0 Å². The lowest BCUT2D eigenvalue weighted by Crippen LogP contribution is -2.37. The summed E-state index contributed by atoms with van der Waals surface area (Å²) in [4.78, 5) is 10.7. The van der Waals surface area contributed by atoms with Crippen molar-refractivity contribution in [2.24, 2.45) is 5.41 Å². The van der Waals surface area contributed by atoms with E-state index in [1.807, 2.05) is 0 Å².